The average Bonchev–Trinajstić information content (AvgIpc) is 2.71. The summed E-state index contributed by atoms with van der Waals surface area (Å²) < 4.78 is 26.9. The highest BCUT2D eigenvalue weighted by Gasteiger charge is 2.15. The van der Waals surface area contributed by atoms with Crippen LogP contribution in [0.4, 0.5) is 0 Å². The van der Waals surface area contributed by atoms with Gasteiger partial charge in [-0.15, -0.1) is 0 Å². The van der Waals surface area contributed by atoms with Crippen LogP contribution in [0.15, 0.2) is 0 Å². The van der Waals surface area contributed by atoms with Crippen LogP contribution in [-0.4, -0.2) is 64.4 Å². The molecular weight excluding hydrogens is 429 g/mol. The van der Waals surface area contributed by atoms with Gasteiger partial charge in [-0.2, -0.15) is 0 Å². The molecule has 0 fully saturated rings. The highest BCUT2D eigenvalue weighted by atomic mass is 31.2. The van der Waals surface area contributed by atoms with Gasteiger partial charge in [-0.3, -0.25) is 9.36 Å². The maximum Gasteiger partial charge on any atom is 0.268 e. The van der Waals surface area contributed by atoms with Gasteiger partial charge < -0.3 is 23.2 Å². The number of Topliss-reactive ketones (excluding diaryl/α,β-unsaturated/α-hetero) is 1. The third kappa shape index (κ3) is 24.3. The van der Waals surface area contributed by atoms with Crippen LogP contribution in [0.5, 0.6) is 0 Å². The fraction of sp³-hybridized carbons (Fsp3) is 0.958. The van der Waals surface area contributed by atoms with Crippen molar-refractivity contribution in [2.45, 2.75) is 96.8 Å². The Labute approximate surface area is 197 Å². The van der Waals surface area contributed by atoms with E-state index in [-0.39, 0.29) is 13.2 Å². The Morgan fingerprint density at radius 3 is 1.66 bits per heavy atom. The molecule has 0 aromatic heterocycles. The Balaban J connectivity index is 3.41. The van der Waals surface area contributed by atoms with Gasteiger partial charge in [-0.25, -0.2) is 0 Å². The zero-order valence-corrected chi connectivity index (χ0v) is 22.2. The number of nitrogens with zero attached hydrogens (tertiary/aromatic N) is 1. The molecule has 32 heavy (non-hydrogen) atoms. The molecule has 0 rings (SSSR count). The molecule has 0 aromatic rings. The number of carbonyl (C=O) groups is 1. The summed E-state index contributed by atoms with van der Waals surface area (Å²) in [6.07, 6.45) is 18.1. The van der Waals surface area contributed by atoms with Crippen molar-refractivity contribution >= 4 is 13.6 Å². The number of rotatable bonds is 24. The molecule has 0 aromatic carbocycles. The molecule has 0 heterocycles. The van der Waals surface area contributed by atoms with Crippen LogP contribution in [0.2, 0.25) is 0 Å². The molecular formula is C24H50NO6P. The van der Waals surface area contributed by atoms with Gasteiger partial charge in [-0.1, -0.05) is 90.4 Å². The van der Waals surface area contributed by atoms with Crippen molar-refractivity contribution in [3.8, 4) is 0 Å². The lowest BCUT2D eigenvalue weighted by Gasteiger charge is -2.27. The lowest BCUT2D eigenvalue weighted by atomic mass is 10.0. The zero-order chi connectivity index (χ0) is 24.1. The van der Waals surface area contributed by atoms with Crippen molar-refractivity contribution in [1.29, 1.82) is 0 Å². The predicted octanol–water partition coefficient (Wildman–Crippen LogP) is 5.26. The minimum absolute atomic E-state index is 0.0219. The molecule has 7 nitrogen and oxygen atoms in total. The third-order valence-corrected chi connectivity index (χ3v) is 6.24. The largest absolute Gasteiger partial charge is 0.756 e. The number of phosphoric ester groups is 1. The second kappa shape index (κ2) is 20.1. The smallest absolute Gasteiger partial charge is 0.268 e. The molecule has 1 unspecified atom stereocenters. The average molecular weight is 480 g/mol. The summed E-state index contributed by atoms with van der Waals surface area (Å²) in [5.41, 5.74) is 0. The number of hydrogen-bond acceptors (Lipinski definition) is 6. The third-order valence-electron chi connectivity index (χ3n) is 5.30. The maximum atomic E-state index is 11.7. The second-order valence-corrected chi connectivity index (χ2v) is 11.2. The first kappa shape index (κ1) is 31.7. The highest BCUT2D eigenvalue weighted by Crippen LogP contribution is 2.37. The van der Waals surface area contributed by atoms with Crippen molar-refractivity contribution < 1.29 is 32.5 Å². The van der Waals surface area contributed by atoms with Gasteiger partial charge in [0.05, 0.1) is 21.1 Å². The minimum Gasteiger partial charge on any atom is -0.756 e. The fourth-order valence-electron chi connectivity index (χ4n) is 3.24. The molecule has 1 atom stereocenters. The van der Waals surface area contributed by atoms with E-state index in [2.05, 4.69) is 11.4 Å². The maximum absolute atomic E-state index is 11.7. The molecule has 0 N–H and O–H groups in total. The van der Waals surface area contributed by atoms with Gasteiger partial charge in [-0.05, 0) is 6.42 Å². The monoisotopic (exact) mass is 479 g/mol. The summed E-state index contributed by atoms with van der Waals surface area (Å²) in [5.74, 6) is -0.401. The number of likely N-dealkylation sites (N-methyl/N-ethyl adjacent to an activating group) is 1. The lowest BCUT2D eigenvalue weighted by Crippen LogP contribution is -2.37. The topological polar surface area (TPSA) is 84.9 Å². The van der Waals surface area contributed by atoms with Crippen LogP contribution >= 0.6 is 7.82 Å². The van der Waals surface area contributed by atoms with Crippen molar-refractivity contribution in [3.05, 3.63) is 0 Å². The number of phosphoric acid groups is 1. The number of unbranched alkanes of at least 4 members (excludes halogenated alkanes) is 13. The standard InChI is InChI=1S/C24H50NO6P/c1-5-6-7-8-9-10-11-12-13-14-15-16-17-18-20-29-22-24(26)23-31-32(27,28)30-21-19-25(2,3)4/h5-23H2,1-4H3. The Kier molecular flexibility index (Phi) is 19.9. The van der Waals surface area contributed by atoms with Crippen molar-refractivity contribution in [1.82, 2.24) is 0 Å². The van der Waals surface area contributed by atoms with Gasteiger partial charge >= 0.3 is 0 Å². The van der Waals surface area contributed by atoms with E-state index in [1.165, 1.54) is 77.0 Å². The number of carbonyl (C=O) groups excluding carboxylic acids is 1. The van der Waals surface area contributed by atoms with Gasteiger partial charge in [0.2, 0.25) is 0 Å². The first-order chi connectivity index (χ1) is 15.2. The van der Waals surface area contributed by atoms with Crippen LogP contribution in [0.25, 0.3) is 0 Å². The molecule has 0 aliphatic heterocycles. The Hall–Kier alpha value is -0.300. The van der Waals surface area contributed by atoms with E-state index in [1.807, 2.05) is 21.1 Å². The number of hydrogen-bond donors (Lipinski definition) is 0. The Morgan fingerprint density at radius 2 is 1.19 bits per heavy atom. The zero-order valence-electron chi connectivity index (χ0n) is 21.3. The molecule has 0 spiro atoms. The number of ether oxygens (including phenoxy) is 1. The number of quaternary nitrogens is 1. The fourth-order valence-corrected chi connectivity index (χ4v) is 3.92. The second-order valence-electron chi connectivity index (χ2n) is 9.76. The Bertz CT molecular complexity index is 495. The van der Waals surface area contributed by atoms with Crippen LogP contribution in [-0.2, 0) is 23.1 Å². The van der Waals surface area contributed by atoms with Crippen LogP contribution < -0.4 is 4.89 Å². The normalized spacial score (nSPS) is 13.9. The Morgan fingerprint density at radius 1 is 0.719 bits per heavy atom. The number of ketones is 1. The van der Waals surface area contributed by atoms with E-state index < -0.39 is 20.2 Å². The molecule has 0 radical (unpaired) electrons. The molecule has 0 saturated carbocycles. The molecule has 0 aliphatic rings. The van der Waals surface area contributed by atoms with Crippen LogP contribution in [0.1, 0.15) is 96.8 Å². The molecule has 0 amide bonds. The van der Waals surface area contributed by atoms with Gasteiger partial charge in [0.15, 0.2) is 5.78 Å². The van der Waals surface area contributed by atoms with E-state index >= 15 is 0 Å². The SMILES string of the molecule is CCCCCCCCCCCCCCCCOCC(=O)COP(=O)([O-])OCC[N+](C)(C)C. The summed E-state index contributed by atoms with van der Waals surface area (Å²) >= 11 is 0. The van der Waals surface area contributed by atoms with E-state index in [9.17, 15) is 14.3 Å². The summed E-state index contributed by atoms with van der Waals surface area (Å²) in [7, 11) is 1.34. The summed E-state index contributed by atoms with van der Waals surface area (Å²) in [6.45, 7) is 2.65. The summed E-state index contributed by atoms with van der Waals surface area (Å²) in [6, 6.07) is 0. The summed E-state index contributed by atoms with van der Waals surface area (Å²) in [5, 5.41) is 0. The summed E-state index contributed by atoms with van der Waals surface area (Å²) in [4.78, 5) is 23.3. The van der Waals surface area contributed by atoms with Crippen LogP contribution in [0, 0.1) is 0 Å². The predicted molar refractivity (Wildman–Crippen MR) is 129 cm³/mol. The quantitative estimate of drug-likeness (QED) is 0.107. The van der Waals surface area contributed by atoms with E-state index in [1.54, 1.807) is 0 Å². The van der Waals surface area contributed by atoms with Gasteiger partial charge in [0.25, 0.3) is 7.82 Å². The van der Waals surface area contributed by atoms with E-state index in [0.29, 0.717) is 17.6 Å². The van der Waals surface area contributed by atoms with Crippen LogP contribution in [0.3, 0.4) is 0 Å². The molecule has 0 aliphatic carbocycles. The first-order valence-electron chi connectivity index (χ1n) is 12.7. The van der Waals surface area contributed by atoms with Crippen molar-refractivity contribution in [2.24, 2.45) is 0 Å². The van der Waals surface area contributed by atoms with Crippen molar-refractivity contribution in [3.63, 3.8) is 0 Å². The van der Waals surface area contributed by atoms with Gasteiger partial charge in [0.1, 0.15) is 26.4 Å². The molecule has 0 saturated heterocycles. The van der Waals surface area contributed by atoms with E-state index in [4.69, 9.17) is 9.26 Å². The highest BCUT2D eigenvalue weighted by molar-refractivity contribution is 7.45. The van der Waals surface area contributed by atoms with Gasteiger partial charge in [0, 0.05) is 6.61 Å². The first-order valence-corrected chi connectivity index (χ1v) is 14.1. The molecule has 0 bridgehead atoms. The van der Waals surface area contributed by atoms with Crippen molar-refractivity contribution in [2.75, 3.05) is 54.1 Å². The lowest BCUT2D eigenvalue weighted by molar-refractivity contribution is -0.870. The molecule has 192 valence electrons. The van der Waals surface area contributed by atoms with E-state index in [0.717, 1.165) is 12.8 Å². The molecule has 8 heteroatoms. The minimum atomic E-state index is -4.44.